The van der Waals surface area contributed by atoms with E-state index in [1.807, 2.05) is 37.3 Å². The number of rotatable bonds is 8. The Bertz CT molecular complexity index is 731. The van der Waals surface area contributed by atoms with E-state index in [9.17, 15) is 5.11 Å². The predicted molar refractivity (Wildman–Crippen MR) is 104 cm³/mol. The Hall–Kier alpha value is -2.02. The molecule has 1 saturated heterocycles. The van der Waals surface area contributed by atoms with Gasteiger partial charge in [0.1, 0.15) is 23.0 Å². The molecule has 1 aromatic heterocycles. The number of hydrogen-bond donors (Lipinski definition) is 1. The zero-order chi connectivity index (χ0) is 19.2. The molecule has 1 aromatic carbocycles. The van der Waals surface area contributed by atoms with E-state index in [0.717, 1.165) is 67.7 Å². The molecular formula is C21H30N2O4. The van der Waals surface area contributed by atoms with Crippen LogP contribution in [-0.2, 0) is 13.1 Å². The molecule has 0 aliphatic carbocycles. The molecule has 1 aliphatic heterocycles. The van der Waals surface area contributed by atoms with Crippen LogP contribution in [0.2, 0.25) is 0 Å². The maximum atomic E-state index is 9.53. The molecule has 1 N–H and O–H groups in total. The van der Waals surface area contributed by atoms with Crippen LogP contribution in [0.5, 0.6) is 11.5 Å². The second-order valence-corrected chi connectivity index (χ2v) is 7.06. The van der Waals surface area contributed by atoms with Gasteiger partial charge in [0, 0.05) is 44.4 Å². The lowest BCUT2D eigenvalue weighted by Crippen LogP contribution is -2.52. The van der Waals surface area contributed by atoms with Crippen LogP contribution in [-0.4, -0.2) is 61.4 Å². The normalized spacial score (nSPS) is 18.6. The minimum atomic E-state index is 0.189. The predicted octanol–water partition coefficient (Wildman–Crippen LogP) is 2.67. The first kappa shape index (κ1) is 19.7. The highest BCUT2D eigenvalue weighted by Crippen LogP contribution is 2.27. The van der Waals surface area contributed by atoms with Crippen molar-refractivity contribution in [1.82, 2.24) is 9.80 Å². The molecule has 1 aliphatic rings. The minimum absolute atomic E-state index is 0.189. The molecule has 6 heteroatoms. The van der Waals surface area contributed by atoms with Gasteiger partial charge in [-0.2, -0.15) is 0 Å². The van der Waals surface area contributed by atoms with Crippen LogP contribution in [0.4, 0.5) is 0 Å². The van der Waals surface area contributed by atoms with Crippen LogP contribution in [0.1, 0.15) is 23.5 Å². The Balaban J connectivity index is 1.67. The van der Waals surface area contributed by atoms with Crippen LogP contribution < -0.4 is 9.47 Å². The molecule has 3 rings (SSSR count). The SMILES string of the molecule is COc1ccc(OC)c(CN2CCN(Cc3ccc(C)o3)C(CCO)C2)c1. The first-order valence-electron chi connectivity index (χ1n) is 9.46. The highest BCUT2D eigenvalue weighted by molar-refractivity contribution is 5.40. The summed E-state index contributed by atoms with van der Waals surface area (Å²) in [6.45, 7) is 6.55. The van der Waals surface area contributed by atoms with Gasteiger partial charge in [0.2, 0.25) is 0 Å². The van der Waals surface area contributed by atoms with Gasteiger partial charge in [0.25, 0.3) is 0 Å². The zero-order valence-electron chi connectivity index (χ0n) is 16.5. The summed E-state index contributed by atoms with van der Waals surface area (Å²) in [6, 6.07) is 10.2. The number of nitrogens with zero attached hydrogens (tertiary/aromatic N) is 2. The molecule has 0 bridgehead atoms. The second-order valence-electron chi connectivity index (χ2n) is 7.06. The molecule has 148 valence electrons. The van der Waals surface area contributed by atoms with Crippen molar-refractivity contribution in [3.63, 3.8) is 0 Å². The summed E-state index contributed by atoms with van der Waals surface area (Å²) in [7, 11) is 3.38. The maximum absolute atomic E-state index is 9.53. The standard InChI is InChI=1S/C21H30N2O4/c1-16-4-5-20(27-16)15-23-10-9-22(14-18(23)8-11-24)13-17-12-19(25-2)6-7-21(17)26-3/h4-7,12,18,24H,8-11,13-15H2,1-3H3. The quantitative estimate of drug-likeness (QED) is 0.767. The Kier molecular flexibility index (Phi) is 6.77. The summed E-state index contributed by atoms with van der Waals surface area (Å²) < 4.78 is 16.6. The summed E-state index contributed by atoms with van der Waals surface area (Å²) in [5, 5.41) is 9.53. The molecule has 2 heterocycles. The fourth-order valence-corrected chi connectivity index (χ4v) is 3.75. The first-order valence-corrected chi connectivity index (χ1v) is 9.46. The van der Waals surface area contributed by atoms with Gasteiger partial charge in [0.15, 0.2) is 0 Å². The topological polar surface area (TPSA) is 58.3 Å². The highest BCUT2D eigenvalue weighted by atomic mass is 16.5. The van der Waals surface area contributed by atoms with E-state index in [0.29, 0.717) is 6.04 Å². The van der Waals surface area contributed by atoms with Crippen LogP contribution in [0.15, 0.2) is 34.7 Å². The molecule has 0 saturated carbocycles. The van der Waals surface area contributed by atoms with E-state index in [4.69, 9.17) is 13.9 Å². The average molecular weight is 374 g/mol. The fourth-order valence-electron chi connectivity index (χ4n) is 3.75. The maximum Gasteiger partial charge on any atom is 0.123 e. The van der Waals surface area contributed by atoms with Gasteiger partial charge in [-0.15, -0.1) is 0 Å². The van der Waals surface area contributed by atoms with Crippen molar-refractivity contribution < 1.29 is 19.0 Å². The average Bonchev–Trinajstić information content (AvgIpc) is 3.08. The van der Waals surface area contributed by atoms with E-state index in [1.54, 1.807) is 14.2 Å². The number of ether oxygens (including phenoxy) is 2. The summed E-state index contributed by atoms with van der Waals surface area (Å²) in [5.74, 6) is 3.64. The Morgan fingerprint density at radius 1 is 1.11 bits per heavy atom. The van der Waals surface area contributed by atoms with Crippen LogP contribution >= 0.6 is 0 Å². The molecule has 6 nitrogen and oxygen atoms in total. The Morgan fingerprint density at radius 3 is 2.63 bits per heavy atom. The fraction of sp³-hybridized carbons (Fsp3) is 0.524. The van der Waals surface area contributed by atoms with Crippen molar-refractivity contribution in [2.45, 2.75) is 32.5 Å². The van der Waals surface area contributed by atoms with Crippen molar-refractivity contribution in [2.75, 3.05) is 40.5 Å². The largest absolute Gasteiger partial charge is 0.497 e. The molecule has 1 atom stereocenters. The molecule has 27 heavy (non-hydrogen) atoms. The lowest BCUT2D eigenvalue weighted by molar-refractivity contribution is 0.0451. The van der Waals surface area contributed by atoms with Gasteiger partial charge in [-0.05, 0) is 43.7 Å². The van der Waals surface area contributed by atoms with Crippen LogP contribution in [0.3, 0.4) is 0 Å². The van der Waals surface area contributed by atoms with Crippen molar-refractivity contribution >= 4 is 0 Å². The smallest absolute Gasteiger partial charge is 0.123 e. The van der Waals surface area contributed by atoms with Crippen LogP contribution in [0, 0.1) is 6.92 Å². The van der Waals surface area contributed by atoms with E-state index in [-0.39, 0.29) is 6.61 Å². The van der Waals surface area contributed by atoms with Gasteiger partial charge in [0.05, 0.1) is 20.8 Å². The monoisotopic (exact) mass is 374 g/mol. The van der Waals surface area contributed by atoms with Gasteiger partial charge in [-0.1, -0.05) is 0 Å². The number of aliphatic hydroxyl groups excluding tert-OH is 1. The molecule has 0 amide bonds. The van der Waals surface area contributed by atoms with Crippen molar-refractivity contribution in [3.05, 3.63) is 47.4 Å². The number of benzene rings is 1. The lowest BCUT2D eigenvalue weighted by atomic mass is 10.1. The van der Waals surface area contributed by atoms with Gasteiger partial charge >= 0.3 is 0 Å². The number of aliphatic hydroxyl groups is 1. The molecule has 1 unspecified atom stereocenters. The Labute approximate surface area is 161 Å². The third kappa shape index (κ3) is 5.03. The third-order valence-corrected chi connectivity index (χ3v) is 5.19. The molecule has 2 aromatic rings. The number of hydrogen-bond acceptors (Lipinski definition) is 6. The van der Waals surface area contributed by atoms with E-state index >= 15 is 0 Å². The van der Waals surface area contributed by atoms with E-state index in [2.05, 4.69) is 9.80 Å². The summed E-state index contributed by atoms with van der Waals surface area (Å²) >= 11 is 0. The van der Waals surface area contributed by atoms with E-state index < -0.39 is 0 Å². The van der Waals surface area contributed by atoms with Gasteiger partial charge in [-0.25, -0.2) is 0 Å². The second kappa shape index (κ2) is 9.26. The van der Waals surface area contributed by atoms with Gasteiger partial charge < -0.3 is 19.0 Å². The molecule has 1 fully saturated rings. The number of piperazine rings is 1. The van der Waals surface area contributed by atoms with Crippen LogP contribution in [0.25, 0.3) is 0 Å². The molecule has 0 spiro atoms. The zero-order valence-corrected chi connectivity index (χ0v) is 16.5. The minimum Gasteiger partial charge on any atom is -0.497 e. The molecular weight excluding hydrogens is 344 g/mol. The van der Waals surface area contributed by atoms with Crippen molar-refractivity contribution in [3.8, 4) is 11.5 Å². The number of furan rings is 1. The summed E-state index contributed by atoms with van der Waals surface area (Å²) in [5.41, 5.74) is 1.12. The summed E-state index contributed by atoms with van der Waals surface area (Å²) in [4.78, 5) is 4.83. The third-order valence-electron chi connectivity index (χ3n) is 5.19. The summed E-state index contributed by atoms with van der Waals surface area (Å²) in [6.07, 6.45) is 0.755. The van der Waals surface area contributed by atoms with Crippen molar-refractivity contribution in [1.29, 1.82) is 0 Å². The first-order chi connectivity index (χ1) is 13.1. The molecule has 0 radical (unpaired) electrons. The lowest BCUT2D eigenvalue weighted by Gasteiger charge is -2.41. The van der Waals surface area contributed by atoms with E-state index in [1.165, 1.54) is 0 Å². The number of aryl methyl sites for hydroxylation is 1. The highest BCUT2D eigenvalue weighted by Gasteiger charge is 2.27. The number of methoxy groups -OCH3 is 2. The Morgan fingerprint density at radius 2 is 1.96 bits per heavy atom. The van der Waals surface area contributed by atoms with Gasteiger partial charge in [-0.3, -0.25) is 9.80 Å². The van der Waals surface area contributed by atoms with Crippen molar-refractivity contribution in [2.24, 2.45) is 0 Å².